The van der Waals surface area contributed by atoms with Crippen molar-refractivity contribution < 1.29 is 23.3 Å². The molecule has 0 aliphatic carbocycles. The van der Waals surface area contributed by atoms with Gasteiger partial charge < -0.3 is 20.3 Å². The summed E-state index contributed by atoms with van der Waals surface area (Å²) in [5.41, 5.74) is 5.83. The maximum absolute atomic E-state index is 9.07. The summed E-state index contributed by atoms with van der Waals surface area (Å²) in [6, 6.07) is 0. The van der Waals surface area contributed by atoms with Crippen LogP contribution in [0.5, 0.6) is 0 Å². The molecule has 22 heavy (non-hydrogen) atoms. The van der Waals surface area contributed by atoms with Gasteiger partial charge in [0.15, 0.2) is 11.8 Å². The third-order valence-corrected chi connectivity index (χ3v) is 3.84. The molecule has 1 fully saturated rings. The number of quaternary nitrogens is 1. The average Bonchev–Trinajstić information content (AvgIpc) is 3.08. The molecule has 0 aromatic heterocycles. The lowest BCUT2D eigenvalue weighted by Gasteiger charge is -2.31. The zero-order valence-electron chi connectivity index (χ0n) is 14.1. The van der Waals surface area contributed by atoms with E-state index in [1.54, 1.807) is 31.3 Å². The Morgan fingerprint density at radius 3 is 2.59 bits per heavy atom. The molecule has 0 radical (unpaired) electrons. The molecule has 0 aromatic carbocycles. The van der Waals surface area contributed by atoms with E-state index in [0.717, 1.165) is 0 Å². The van der Waals surface area contributed by atoms with Crippen molar-refractivity contribution in [3.63, 3.8) is 0 Å². The van der Waals surface area contributed by atoms with Crippen molar-refractivity contribution >= 4 is 11.9 Å². The number of rotatable bonds is 12. The van der Waals surface area contributed by atoms with Gasteiger partial charge in [-0.25, -0.2) is 0 Å². The summed E-state index contributed by atoms with van der Waals surface area (Å²) in [5, 5.41) is 15.7. The molecule has 0 bridgehead atoms. The summed E-state index contributed by atoms with van der Waals surface area (Å²) < 4.78 is 10.8. The van der Waals surface area contributed by atoms with E-state index in [-0.39, 0.29) is 11.6 Å². The first-order valence-corrected chi connectivity index (χ1v) is 7.99. The summed E-state index contributed by atoms with van der Waals surface area (Å²) in [4.78, 5) is 5.59. The van der Waals surface area contributed by atoms with E-state index in [0.29, 0.717) is 30.3 Å². The number of ether oxygens (including phenoxy) is 2. The van der Waals surface area contributed by atoms with E-state index in [4.69, 9.17) is 25.2 Å². The molecule has 1 aliphatic heterocycles. The monoisotopic (exact) mass is 340 g/mol. The first kappa shape index (κ1) is 20.0. The highest BCUT2D eigenvalue weighted by molar-refractivity contribution is 7.94. The van der Waals surface area contributed by atoms with Crippen LogP contribution in [0.25, 0.3) is 0 Å². The quantitative estimate of drug-likeness (QED) is 0.135. The molecule has 132 valence electrons. The second kappa shape index (κ2) is 9.33. The normalized spacial score (nSPS) is 23.3. The van der Waals surface area contributed by atoms with Crippen LogP contribution in [0.4, 0.5) is 0 Å². The summed E-state index contributed by atoms with van der Waals surface area (Å²) >= 11 is 1.59. The van der Waals surface area contributed by atoms with Crippen molar-refractivity contribution in [3.8, 4) is 0 Å². The van der Waals surface area contributed by atoms with Gasteiger partial charge >= 0.3 is 0 Å². The van der Waals surface area contributed by atoms with Gasteiger partial charge in [0, 0.05) is 20.6 Å². The van der Waals surface area contributed by atoms with Crippen LogP contribution >= 0.6 is 11.9 Å². The maximum atomic E-state index is 9.07. The van der Waals surface area contributed by atoms with Crippen molar-refractivity contribution in [1.82, 2.24) is 15.5 Å². The van der Waals surface area contributed by atoms with Gasteiger partial charge in [0.2, 0.25) is 0 Å². The smallest absolute Gasteiger partial charge is 0.181 e. The van der Waals surface area contributed by atoms with Crippen LogP contribution < -0.4 is 11.1 Å². The van der Waals surface area contributed by atoms with Gasteiger partial charge in [-0.05, 0) is 0 Å². The van der Waals surface area contributed by atoms with Crippen LogP contribution in [0.3, 0.4) is 0 Å². The number of hydrazine groups is 1. The molecule has 0 saturated carbocycles. The molecule has 10 heteroatoms. The van der Waals surface area contributed by atoms with E-state index in [1.807, 2.05) is 5.01 Å². The SMILES string of the molecule is COCN(CNC(N)S[N+](C)(C)C)N(C)OCCC1OC1O. The number of nitrogens with zero attached hydrogens (tertiary/aromatic N) is 3. The van der Waals surface area contributed by atoms with Crippen LogP contribution in [-0.4, -0.2) is 92.4 Å². The second-order valence-corrected chi connectivity index (χ2v) is 7.67. The van der Waals surface area contributed by atoms with Crippen molar-refractivity contribution in [1.29, 1.82) is 0 Å². The highest BCUT2D eigenvalue weighted by Crippen LogP contribution is 2.22. The molecule has 0 amide bonds. The third kappa shape index (κ3) is 8.58. The first-order chi connectivity index (χ1) is 10.2. The standard InChI is InChI=1S/C12H30N5O4S/c1-15(20-7-6-10-11(18)21-10)16(9-19-5)8-14-12(13)22-17(2,3)4/h10-12,14,18H,6-9,13H2,1-5H3/q+1. The summed E-state index contributed by atoms with van der Waals surface area (Å²) in [7, 11) is 9.59. The minimum atomic E-state index is -0.629. The molecule has 9 nitrogen and oxygen atoms in total. The van der Waals surface area contributed by atoms with Gasteiger partial charge in [0.25, 0.3) is 0 Å². The third-order valence-electron chi connectivity index (χ3n) is 2.82. The largest absolute Gasteiger partial charge is 0.368 e. The maximum Gasteiger partial charge on any atom is 0.181 e. The van der Waals surface area contributed by atoms with E-state index in [2.05, 4.69) is 26.5 Å². The zero-order chi connectivity index (χ0) is 16.8. The van der Waals surface area contributed by atoms with Gasteiger partial charge in [-0.1, -0.05) is 0 Å². The Labute approximate surface area is 136 Å². The Balaban J connectivity index is 2.26. The Morgan fingerprint density at radius 1 is 1.45 bits per heavy atom. The Kier molecular flexibility index (Phi) is 8.49. The lowest BCUT2D eigenvalue weighted by atomic mass is 10.3. The Bertz CT molecular complexity index is 320. The number of nitrogens with one attached hydrogen (secondary N) is 1. The first-order valence-electron chi connectivity index (χ1n) is 7.15. The molecule has 1 rings (SSSR count). The summed E-state index contributed by atoms with van der Waals surface area (Å²) in [6.07, 6.45) is -0.0793. The molecule has 4 N–H and O–H groups in total. The fraction of sp³-hybridized carbons (Fsp3) is 1.00. The summed E-state index contributed by atoms with van der Waals surface area (Å²) in [5.74, 6) is 0. The number of hydrogen-bond acceptors (Lipinski definition) is 9. The Morgan fingerprint density at radius 2 is 2.09 bits per heavy atom. The molecule has 1 heterocycles. The number of aliphatic hydroxyl groups is 1. The van der Waals surface area contributed by atoms with E-state index < -0.39 is 6.29 Å². The average molecular weight is 340 g/mol. The van der Waals surface area contributed by atoms with Crippen LogP contribution in [-0.2, 0) is 14.3 Å². The van der Waals surface area contributed by atoms with Gasteiger partial charge in [0.05, 0.1) is 34.4 Å². The molecule has 3 atom stereocenters. The minimum absolute atomic E-state index is 0.100. The topological polar surface area (TPSA) is 95.8 Å². The molecule has 0 spiro atoms. The predicted molar refractivity (Wildman–Crippen MR) is 84.5 cm³/mol. The lowest BCUT2D eigenvalue weighted by Crippen LogP contribution is -2.51. The van der Waals surface area contributed by atoms with Crippen molar-refractivity contribution in [3.05, 3.63) is 0 Å². The van der Waals surface area contributed by atoms with Crippen molar-refractivity contribution in [2.24, 2.45) is 5.73 Å². The number of aliphatic hydroxyl groups excluding tert-OH is 1. The second-order valence-electron chi connectivity index (χ2n) is 5.85. The highest BCUT2D eigenvalue weighted by atomic mass is 32.2. The lowest BCUT2D eigenvalue weighted by molar-refractivity contribution is -0.727. The van der Waals surface area contributed by atoms with Crippen molar-refractivity contribution in [2.45, 2.75) is 24.3 Å². The predicted octanol–water partition coefficient (Wildman–Crippen LogP) is -1.08. The van der Waals surface area contributed by atoms with Gasteiger partial charge in [-0.2, -0.15) is 5.01 Å². The van der Waals surface area contributed by atoms with Crippen molar-refractivity contribution in [2.75, 3.05) is 55.3 Å². The fourth-order valence-electron chi connectivity index (χ4n) is 1.68. The summed E-state index contributed by atoms with van der Waals surface area (Å²) in [6.45, 7) is 1.31. The number of methoxy groups -OCH3 is 1. The fourth-order valence-corrected chi connectivity index (χ4v) is 2.51. The van der Waals surface area contributed by atoms with Crippen LogP contribution in [0.1, 0.15) is 6.42 Å². The van der Waals surface area contributed by atoms with Crippen LogP contribution in [0.15, 0.2) is 0 Å². The highest BCUT2D eigenvalue weighted by Gasteiger charge is 2.36. The molecule has 1 saturated heterocycles. The van der Waals surface area contributed by atoms with Gasteiger partial charge in [-0.15, -0.1) is 5.17 Å². The Hall–Kier alpha value is -0.0100. The van der Waals surface area contributed by atoms with E-state index in [9.17, 15) is 0 Å². The molecular weight excluding hydrogens is 310 g/mol. The van der Waals surface area contributed by atoms with E-state index in [1.165, 1.54) is 0 Å². The number of epoxide rings is 1. The zero-order valence-corrected chi connectivity index (χ0v) is 14.9. The van der Waals surface area contributed by atoms with Crippen LogP contribution in [0, 0.1) is 0 Å². The molecule has 3 unspecified atom stereocenters. The molecular formula is C12H30N5O4S+. The number of hydrogen-bond donors (Lipinski definition) is 3. The molecule has 0 aromatic rings. The van der Waals surface area contributed by atoms with Gasteiger partial charge in [0.1, 0.15) is 24.8 Å². The number of nitrogens with two attached hydrogens (primary N) is 1. The minimum Gasteiger partial charge on any atom is -0.368 e. The molecule has 1 aliphatic rings. The van der Waals surface area contributed by atoms with Gasteiger partial charge in [-0.3, -0.25) is 14.0 Å². The number of hydroxylamine groups is 1. The van der Waals surface area contributed by atoms with E-state index >= 15 is 0 Å². The van der Waals surface area contributed by atoms with Crippen LogP contribution in [0.2, 0.25) is 0 Å².